The normalized spacial score (nSPS) is 17.8. The molecule has 0 saturated carbocycles. The molecule has 3 heteroatoms. The fourth-order valence-electron chi connectivity index (χ4n) is 4.60. The van der Waals surface area contributed by atoms with Crippen LogP contribution in [0.5, 0.6) is 0 Å². The molecule has 0 fully saturated rings. The molecule has 164 valence electrons. The lowest BCUT2D eigenvalue weighted by atomic mass is 9.92. The Morgan fingerprint density at radius 3 is 2.19 bits per heavy atom. The Labute approximate surface area is 190 Å². The van der Waals surface area contributed by atoms with Crippen molar-refractivity contribution in [2.24, 2.45) is 5.92 Å². The lowest BCUT2D eigenvalue weighted by Gasteiger charge is -2.26. The van der Waals surface area contributed by atoms with Gasteiger partial charge >= 0.3 is 0 Å². The van der Waals surface area contributed by atoms with E-state index < -0.39 is 6.10 Å². The average Bonchev–Trinajstić information content (AvgIpc) is 3.27. The van der Waals surface area contributed by atoms with Crippen molar-refractivity contribution in [3.8, 4) is 0 Å². The Bertz CT molecular complexity index is 1040. The SMILES string of the molecule is C[C@@H](NC1=C(C(=O)c2ccccc2)CC[C@@H]1[C@H](O)CCc1ccccc1)c1ccccc1. The molecular weight excluding hydrogens is 394 g/mol. The summed E-state index contributed by atoms with van der Waals surface area (Å²) in [6.45, 7) is 2.11. The van der Waals surface area contributed by atoms with Crippen molar-refractivity contribution >= 4 is 5.78 Å². The zero-order valence-corrected chi connectivity index (χ0v) is 18.6. The first-order chi connectivity index (χ1) is 15.6. The van der Waals surface area contributed by atoms with Gasteiger partial charge in [0.15, 0.2) is 5.78 Å². The zero-order chi connectivity index (χ0) is 22.3. The molecule has 32 heavy (non-hydrogen) atoms. The summed E-state index contributed by atoms with van der Waals surface area (Å²) in [7, 11) is 0. The molecule has 0 unspecified atom stereocenters. The highest BCUT2D eigenvalue weighted by atomic mass is 16.3. The fourth-order valence-corrected chi connectivity index (χ4v) is 4.60. The predicted molar refractivity (Wildman–Crippen MR) is 129 cm³/mol. The molecular formula is C29H31NO2. The predicted octanol–water partition coefficient (Wildman–Crippen LogP) is 5.88. The Kier molecular flexibility index (Phi) is 7.18. The first-order valence-corrected chi connectivity index (χ1v) is 11.5. The van der Waals surface area contributed by atoms with Gasteiger partial charge in [-0.05, 0) is 43.7 Å². The van der Waals surface area contributed by atoms with E-state index in [4.69, 9.17) is 0 Å². The van der Waals surface area contributed by atoms with E-state index in [1.807, 2.05) is 66.7 Å². The summed E-state index contributed by atoms with van der Waals surface area (Å²) in [4.78, 5) is 13.3. The maximum atomic E-state index is 13.3. The van der Waals surface area contributed by atoms with Crippen LogP contribution in [-0.2, 0) is 6.42 Å². The third-order valence-corrected chi connectivity index (χ3v) is 6.42. The van der Waals surface area contributed by atoms with Gasteiger partial charge in [-0.1, -0.05) is 91.0 Å². The largest absolute Gasteiger partial charge is 0.392 e. The minimum absolute atomic E-state index is 0.0479. The summed E-state index contributed by atoms with van der Waals surface area (Å²) in [5.74, 6) is -0.00124. The second-order valence-electron chi connectivity index (χ2n) is 8.60. The van der Waals surface area contributed by atoms with Crippen LogP contribution in [0.1, 0.15) is 53.7 Å². The lowest BCUT2D eigenvalue weighted by Crippen LogP contribution is -2.30. The molecule has 0 amide bonds. The van der Waals surface area contributed by atoms with Gasteiger partial charge in [0.1, 0.15) is 0 Å². The van der Waals surface area contributed by atoms with Gasteiger partial charge < -0.3 is 10.4 Å². The minimum Gasteiger partial charge on any atom is -0.392 e. The quantitative estimate of drug-likeness (QED) is 0.421. The molecule has 0 bridgehead atoms. The van der Waals surface area contributed by atoms with Gasteiger partial charge in [-0.15, -0.1) is 0 Å². The van der Waals surface area contributed by atoms with Gasteiger partial charge in [-0.25, -0.2) is 0 Å². The first-order valence-electron chi connectivity index (χ1n) is 11.5. The average molecular weight is 426 g/mol. The lowest BCUT2D eigenvalue weighted by molar-refractivity contribution is 0.103. The summed E-state index contributed by atoms with van der Waals surface area (Å²) in [5.41, 5.74) is 4.81. The molecule has 3 atom stereocenters. The smallest absolute Gasteiger partial charge is 0.190 e. The summed E-state index contributed by atoms with van der Waals surface area (Å²) in [5, 5.41) is 14.8. The topological polar surface area (TPSA) is 49.3 Å². The maximum Gasteiger partial charge on any atom is 0.190 e. The molecule has 0 saturated heterocycles. The van der Waals surface area contributed by atoms with Crippen LogP contribution in [0.15, 0.2) is 102 Å². The van der Waals surface area contributed by atoms with E-state index in [2.05, 4.69) is 36.5 Å². The number of allylic oxidation sites excluding steroid dienone is 1. The van der Waals surface area contributed by atoms with Crippen LogP contribution in [-0.4, -0.2) is 17.0 Å². The van der Waals surface area contributed by atoms with Crippen molar-refractivity contribution in [2.45, 2.75) is 44.8 Å². The molecule has 2 N–H and O–H groups in total. The monoisotopic (exact) mass is 425 g/mol. The van der Waals surface area contributed by atoms with Crippen LogP contribution in [0.3, 0.4) is 0 Å². The summed E-state index contributed by atoms with van der Waals surface area (Å²) in [6, 6.07) is 30.0. The van der Waals surface area contributed by atoms with Crippen molar-refractivity contribution in [3.05, 3.63) is 119 Å². The van der Waals surface area contributed by atoms with Gasteiger partial charge in [0.25, 0.3) is 0 Å². The van der Waals surface area contributed by atoms with Crippen LogP contribution in [0.2, 0.25) is 0 Å². The third-order valence-electron chi connectivity index (χ3n) is 6.42. The number of aliphatic hydroxyl groups excluding tert-OH is 1. The molecule has 3 aromatic carbocycles. The number of hydrogen-bond acceptors (Lipinski definition) is 3. The van der Waals surface area contributed by atoms with Crippen LogP contribution >= 0.6 is 0 Å². The van der Waals surface area contributed by atoms with Crippen LogP contribution < -0.4 is 5.32 Å². The minimum atomic E-state index is -0.498. The maximum absolute atomic E-state index is 13.3. The number of rotatable bonds is 9. The van der Waals surface area contributed by atoms with E-state index >= 15 is 0 Å². The Morgan fingerprint density at radius 1 is 0.938 bits per heavy atom. The van der Waals surface area contributed by atoms with Crippen molar-refractivity contribution in [1.29, 1.82) is 0 Å². The van der Waals surface area contributed by atoms with Crippen LogP contribution in [0, 0.1) is 5.92 Å². The van der Waals surface area contributed by atoms with Gasteiger partial charge in [0, 0.05) is 28.8 Å². The van der Waals surface area contributed by atoms with Crippen LogP contribution in [0.25, 0.3) is 0 Å². The van der Waals surface area contributed by atoms with Crippen molar-refractivity contribution < 1.29 is 9.90 Å². The highest BCUT2D eigenvalue weighted by Crippen LogP contribution is 2.37. The van der Waals surface area contributed by atoms with Gasteiger partial charge in [0.05, 0.1) is 6.10 Å². The Balaban J connectivity index is 1.58. The van der Waals surface area contributed by atoms with Crippen molar-refractivity contribution in [2.75, 3.05) is 0 Å². The Hall–Kier alpha value is -3.17. The third kappa shape index (κ3) is 5.17. The van der Waals surface area contributed by atoms with E-state index in [9.17, 15) is 9.90 Å². The molecule has 3 nitrogen and oxygen atoms in total. The molecule has 4 rings (SSSR count). The molecule has 0 aromatic heterocycles. The van der Waals surface area contributed by atoms with E-state index in [1.54, 1.807) is 0 Å². The van der Waals surface area contributed by atoms with Gasteiger partial charge in [-0.2, -0.15) is 0 Å². The molecule has 0 aliphatic heterocycles. The number of Topliss-reactive ketones (excluding diaryl/α,β-unsaturated/α-hetero) is 1. The van der Waals surface area contributed by atoms with E-state index in [0.29, 0.717) is 18.4 Å². The summed E-state index contributed by atoms with van der Waals surface area (Å²) < 4.78 is 0. The van der Waals surface area contributed by atoms with Crippen LogP contribution in [0.4, 0.5) is 0 Å². The number of aryl methyl sites for hydroxylation is 1. The standard InChI is InChI=1S/C29H31NO2/c1-21(23-13-7-3-8-14-23)30-28-25(27(31)20-17-22-11-5-2-6-12-22)18-19-26(28)29(32)24-15-9-4-10-16-24/h2-16,21,25,27,30-31H,17-20H2,1H3/t21-,25-,27-/m1/s1. The highest BCUT2D eigenvalue weighted by Gasteiger charge is 2.34. The molecule has 0 radical (unpaired) electrons. The number of hydrogen-bond donors (Lipinski definition) is 2. The van der Waals surface area contributed by atoms with E-state index in [0.717, 1.165) is 29.7 Å². The number of nitrogens with one attached hydrogen (secondary N) is 1. The first kappa shape index (κ1) is 22.0. The zero-order valence-electron chi connectivity index (χ0n) is 18.6. The number of benzene rings is 3. The number of ketones is 1. The number of carbonyl (C=O) groups excluding carboxylic acids is 1. The van der Waals surface area contributed by atoms with Gasteiger partial charge in [-0.3, -0.25) is 4.79 Å². The summed E-state index contributed by atoms with van der Waals surface area (Å²) in [6.07, 6.45) is 2.47. The van der Waals surface area contributed by atoms with Crippen molar-refractivity contribution in [1.82, 2.24) is 5.32 Å². The fraction of sp³-hybridized carbons (Fsp3) is 0.276. The molecule has 3 aromatic rings. The number of aliphatic hydroxyl groups is 1. The number of carbonyl (C=O) groups is 1. The second kappa shape index (κ2) is 10.4. The molecule has 0 heterocycles. The molecule has 0 spiro atoms. The summed E-state index contributed by atoms with van der Waals surface area (Å²) >= 11 is 0. The molecule has 1 aliphatic rings. The van der Waals surface area contributed by atoms with E-state index in [-0.39, 0.29) is 17.7 Å². The van der Waals surface area contributed by atoms with Crippen molar-refractivity contribution in [3.63, 3.8) is 0 Å². The molecule has 1 aliphatic carbocycles. The van der Waals surface area contributed by atoms with Gasteiger partial charge in [0.2, 0.25) is 0 Å². The highest BCUT2D eigenvalue weighted by molar-refractivity contribution is 6.09. The van der Waals surface area contributed by atoms with E-state index in [1.165, 1.54) is 5.56 Å². The second-order valence-corrected chi connectivity index (χ2v) is 8.60. The Morgan fingerprint density at radius 2 is 1.53 bits per heavy atom.